The van der Waals surface area contributed by atoms with Crippen LogP contribution in [0.25, 0.3) is 0 Å². The summed E-state index contributed by atoms with van der Waals surface area (Å²) in [5.74, 6) is 0.712. The van der Waals surface area contributed by atoms with Gasteiger partial charge in [-0.3, -0.25) is 9.69 Å². The van der Waals surface area contributed by atoms with Gasteiger partial charge in [0.15, 0.2) is 0 Å². The fraction of sp³-hybridized carbons (Fsp3) is 0.450. The molecule has 0 aliphatic carbocycles. The van der Waals surface area contributed by atoms with Crippen molar-refractivity contribution in [1.29, 1.82) is 0 Å². The lowest BCUT2D eigenvalue weighted by atomic mass is 10.2. The van der Waals surface area contributed by atoms with Crippen molar-refractivity contribution in [2.45, 2.75) is 51.3 Å². The molecular weight excluding hydrogens is 392 g/mol. The van der Waals surface area contributed by atoms with E-state index < -0.39 is 5.60 Å². The maximum absolute atomic E-state index is 12.2. The number of anilines is 1. The van der Waals surface area contributed by atoms with Gasteiger partial charge in [0.1, 0.15) is 18.0 Å². The number of benzene rings is 1. The number of aromatic nitrogens is 2. The van der Waals surface area contributed by atoms with Gasteiger partial charge < -0.3 is 14.4 Å². The molecule has 9 heteroatoms. The summed E-state index contributed by atoms with van der Waals surface area (Å²) in [6, 6.07) is 5.78. The lowest BCUT2D eigenvalue weighted by molar-refractivity contribution is -0.116. The van der Waals surface area contributed by atoms with E-state index in [1.54, 1.807) is 20.8 Å². The highest BCUT2D eigenvalue weighted by molar-refractivity contribution is 7.97. The molecule has 2 aliphatic rings. The highest BCUT2D eigenvalue weighted by Gasteiger charge is 2.30. The molecule has 2 aromatic rings. The number of hydrogen-bond acceptors (Lipinski definition) is 6. The molecule has 0 radical (unpaired) electrons. The maximum atomic E-state index is 12.2. The molecule has 3 heterocycles. The number of ether oxygens (including phenoxy) is 2. The molecule has 0 saturated carbocycles. The molecule has 0 N–H and O–H groups in total. The molecule has 1 aromatic carbocycles. The SMILES string of the molecule is CC(=O)N1CCOc2ccc(Sn3cc4c(n3)CN(C(=O)OC(C)(C)C)C4)cc21. The minimum Gasteiger partial charge on any atom is -0.490 e. The summed E-state index contributed by atoms with van der Waals surface area (Å²) in [6.45, 7) is 9.10. The van der Waals surface area contributed by atoms with Crippen molar-refractivity contribution < 1.29 is 19.1 Å². The summed E-state index contributed by atoms with van der Waals surface area (Å²) >= 11 is 1.46. The third-order valence-corrected chi connectivity index (χ3v) is 5.42. The molecule has 154 valence electrons. The third kappa shape index (κ3) is 4.19. The Morgan fingerprint density at radius 3 is 2.72 bits per heavy atom. The molecule has 8 nitrogen and oxygen atoms in total. The van der Waals surface area contributed by atoms with Crippen LogP contribution in [0.15, 0.2) is 29.3 Å². The first-order chi connectivity index (χ1) is 13.7. The fourth-order valence-electron chi connectivity index (χ4n) is 3.32. The van der Waals surface area contributed by atoms with Crippen molar-refractivity contribution >= 4 is 29.6 Å². The summed E-state index contributed by atoms with van der Waals surface area (Å²) in [5.41, 5.74) is 2.14. The van der Waals surface area contributed by atoms with Crippen LogP contribution in [-0.4, -0.2) is 44.8 Å². The van der Waals surface area contributed by atoms with E-state index in [0.717, 1.165) is 21.8 Å². The van der Waals surface area contributed by atoms with Crippen LogP contribution in [0.3, 0.4) is 0 Å². The molecule has 29 heavy (non-hydrogen) atoms. The second kappa shape index (κ2) is 7.29. The number of rotatable bonds is 2. The zero-order chi connectivity index (χ0) is 20.8. The Bertz CT molecular complexity index is 942. The van der Waals surface area contributed by atoms with E-state index in [0.29, 0.717) is 32.0 Å². The first-order valence-corrected chi connectivity index (χ1v) is 10.3. The van der Waals surface area contributed by atoms with Crippen molar-refractivity contribution in [2.75, 3.05) is 18.1 Å². The van der Waals surface area contributed by atoms with E-state index in [2.05, 4.69) is 5.10 Å². The number of amides is 2. The van der Waals surface area contributed by atoms with Crippen molar-refractivity contribution in [2.24, 2.45) is 0 Å². The van der Waals surface area contributed by atoms with Crippen LogP contribution in [0, 0.1) is 0 Å². The van der Waals surface area contributed by atoms with Gasteiger partial charge >= 0.3 is 6.09 Å². The van der Waals surface area contributed by atoms with Crippen LogP contribution in [0.5, 0.6) is 5.75 Å². The number of carbonyl (C=O) groups excluding carboxylic acids is 2. The van der Waals surface area contributed by atoms with Crippen molar-refractivity contribution in [3.05, 3.63) is 35.7 Å². The molecule has 0 unspecified atom stereocenters. The standard InChI is InChI=1S/C20H24N4O4S/c1-13(25)23-7-8-27-18-6-5-15(9-17(18)23)29-24-11-14-10-22(12-16(14)21-24)19(26)28-20(2,3)4/h5-6,9,11H,7-8,10,12H2,1-4H3. The van der Waals surface area contributed by atoms with Gasteiger partial charge in [-0.15, -0.1) is 0 Å². The summed E-state index contributed by atoms with van der Waals surface area (Å²) in [4.78, 5) is 28.5. The van der Waals surface area contributed by atoms with Gasteiger partial charge in [0.05, 0.1) is 31.0 Å². The predicted molar refractivity (Wildman–Crippen MR) is 109 cm³/mol. The molecule has 1 aromatic heterocycles. The average molecular weight is 417 g/mol. The first-order valence-electron chi connectivity index (χ1n) is 9.48. The van der Waals surface area contributed by atoms with E-state index in [4.69, 9.17) is 9.47 Å². The number of fused-ring (bicyclic) bond motifs is 2. The molecule has 0 fully saturated rings. The van der Waals surface area contributed by atoms with Crippen LogP contribution in [-0.2, 0) is 22.6 Å². The van der Waals surface area contributed by atoms with Gasteiger partial charge in [-0.05, 0) is 39.0 Å². The summed E-state index contributed by atoms with van der Waals surface area (Å²) in [5, 5.41) is 4.60. The minimum atomic E-state index is -0.517. The highest BCUT2D eigenvalue weighted by Crippen LogP contribution is 2.36. The first kappa shape index (κ1) is 19.6. The Kier molecular flexibility index (Phi) is 4.94. The second-order valence-corrected chi connectivity index (χ2v) is 9.11. The van der Waals surface area contributed by atoms with Gasteiger partial charge in [0.2, 0.25) is 5.91 Å². The molecule has 0 bridgehead atoms. The summed E-state index contributed by atoms with van der Waals surface area (Å²) in [6.07, 6.45) is 1.61. The third-order valence-electron chi connectivity index (χ3n) is 4.58. The van der Waals surface area contributed by atoms with E-state index in [-0.39, 0.29) is 12.0 Å². The van der Waals surface area contributed by atoms with Crippen LogP contribution >= 0.6 is 11.9 Å². The largest absolute Gasteiger partial charge is 0.490 e. The predicted octanol–water partition coefficient (Wildman–Crippen LogP) is 3.43. The highest BCUT2D eigenvalue weighted by atomic mass is 32.2. The zero-order valence-corrected chi connectivity index (χ0v) is 17.8. The van der Waals surface area contributed by atoms with E-state index in [9.17, 15) is 9.59 Å². The lowest BCUT2D eigenvalue weighted by Gasteiger charge is -2.28. The van der Waals surface area contributed by atoms with Crippen molar-refractivity contribution in [3.63, 3.8) is 0 Å². The molecular formula is C20H24N4O4S. The van der Waals surface area contributed by atoms with Crippen molar-refractivity contribution in [1.82, 2.24) is 14.1 Å². The van der Waals surface area contributed by atoms with E-state index >= 15 is 0 Å². The number of carbonyl (C=O) groups is 2. The van der Waals surface area contributed by atoms with Crippen LogP contribution < -0.4 is 9.64 Å². The van der Waals surface area contributed by atoms with Crippen LogP contribution in [0.4, 0.5) is 10.5 Å². The molecule has 2 aliphatic heterocycles. The Labute approximate surface area is 173 Å². The quantitative estimate of drug-likeness (QED) is 0.747. The Morgan fingerprint density at radius 1 is 1.24 bits per heavy atom. The van der Waals surface area contributed by atoms with Gasteiger partial charge in [0, 0.05) is 35.5 Å². The molecule has 0 atom stereocenters. The number of nitrogens with zero attached hydrogens (tertiary/aromatic N) is 4. The van der Waals surface area contributed by atoms with Crippen LogP contribution in [0.1, 0.15) is 39.0 Å². The minimum absolute atomic E-state index is 0.00278. The Balaban J connectivity index is 1.46. The summed E-state index contributed by atoms with van der Waals surface area (Å²) < 4.78 is 12.9. The Morgan fingerprint density at radius 2 is 2.03 bits per heavy atom. The van der Waals surface area contributed by atoms with Gasteiger partial charge in [-0.25, -0.2) is 8.88 Å². The monoisotopic (exact) mass is 416 g/mol. The smallest absolute Gasteiger partial charge is 0.410 e. The molecule has 4 rings (SSSR count). The molecule has 2 amide bonds. The van der Waals surface area contributed by atoms with Gasteiger partial charge in [-0.2, -0.15) is 5.10 Å². The van der Waals surface area contributed by atoms with Gasteiger partial charge in [-0.1, -0.05) is 0 Å². The van der Waals surface area contributed by atoms with Crippen molar-refractivity contribution in [3.8, 4) is 5.75 Å². The van der Waals surface area contributed by atoms with E-state index in [1.165, 1.54) is 11.9 Å². The Hall–Kier alpha value is -2.68. The van der Waals surface area contributed by atoms with Crippen LogP contribution in [0.2, 0.25) is 0 Å². The van der Waals surface area contributed by atoms with Gasteiger partial charge in [0.25, 0.3) is 0 Å². The number of hydrogen-bond donors (Lipinski definition) is 0. The normalized spacial score (nSPS) is 15.6. The topological polar surface area (TPSA) is 76.9 Å². The molecule has 0 spiro atoms. The summed E-state index contributed by atoms with van der Waals surface area (Å²) in [7, 11) is 0. The average Bonchev–Trinajstić information content (AvgIpc) is 3.18. The lowest BCUT2D eigenvalue weighted by Crippen LogP contribution is -2.36. The molecule has 0 saturated heterocycles. The zero-order valence-electron chi connectivity index (χ0n) is 17.0. The fourth-order valence-corrected chi connectivity index (χ4v) is 4.15. The second-order valence-electron chi connectivity index (χ2n) is 8.08. The van der Waals surface area contributed by atoms with E-state index in [1.807, 2.05) is 45.2 Å². The maximum Gasteiger partial charge on any atom is 0.410 e.